The fraction of sp³-hybridized carbons (Fsp3) is 0.500. The van der Waals surface area contributed by atoms with Gasteiger partial charge in [0.1, 0.15) is 0 Å². The maximum Gasteiger partial charge on any atom is 0.0991 e. The van der Waals surface area contributed by atoms with Crippen LogP contribution in [0.3, 0.4) is 0 Å². The molecule has 92 valence electrons. The molecule has 0 aliphatic rings. The van der Waals surface area contributed by atoms with Gasteiger partial charge < -0.3 is 10.1 Å². The molecule has 1 aromatic rings. The average Bonchev–Trinajstić information content (AvgIpc) is 2.30. The Morgan fingerprint density at radius 1 is 1.41 bits per heavy atom. The molecule has 0 aromatic heterocycles. The molecule has 17 heavy (non-hydrogen) atoms. The molecular formula is C14H20N2O. The Kier molecular flexibility index (Phi) is 5.68. The molecule has 0 spiro atoms. The lowest BCUT2D eigenvalue weighted by molar-refractivity contribution is 0.0807. The highest BCUT2D eigenvalue weighted by molar-refractivity contribution is 5.37. The summed E-state index contributed by atoms with van der Waals surface area (Å²) in [4.78, 5) is 0. The third-order valence-corrected chi connectivity index (χ3v) is 2.52. The molecule has 0 atom stereocenters. The lowest BCUT2D eigenvalue weighted by atomic mass is 10.1. The van der Waals surface area contributed by atoms with E-state index in [2.05, 4.69) is 11.4 Å². The second-order valence-electron chi connectivity index (χ2n) is 4.35. The molecule has 0 aliphatic heterocycles. The van der Waals surface area contributed by atoms with E-state index in [-0.39, 0.29) is 6.10 Å². The van der Waals surface area contributed by atoms with Gasteiger partial charge in [-0.2, -0.15) is 5.26 Å². The lowest BCUT2D eigenvalue weighted by Gasteiger charge is -2.10. The van der Waals surface area contributed by atoms with E-state index < -0.39 is 0 Å². The van der Waals surface area contributed by atoms with E-state index in [4.69, 9.17) is 10.00 Å². The first-order valence-corrected chi connectivity index (χ1v) is 5.95. The van der Waals surface area contributed by atoms with E-state index >= 15 is 0 Å². The minimum absolute atomic E-state index is 0.286. The van der Waals surface area contributed by atoms with Gasteiger partial charge in [-0.15, -0.1) is 0 Å². The van der Waals surface area contributed by atoms with Crippen molar-refractivity contribution >= 4 is 0 Å². The van der Waals surface area contributed by atoms with Crippen molar-refractivity contribution in [1.29, 1.82) is 5.26 Å². The summed E-state index contributed by atoms with van der Waals surface area (Å²) in [6.07, 6.45) is 0.286. The summed E-state index contributed by atoms with van der Waals surface area (Å²) in [6.45, 7) is 8.49. The number of hydrogen-bond donors (Lipinski definition) is 1. The third kappa shape index (κ3) is 4.99. The molecular weight excluding hydrogens is 212 g/mol. The molecule has 1 aromatic carbocycles. The molecule has 0 unspecified atom stereocenters. The van der Waals surface area contributed by atoms with E-state index in [1.165, 1.54) is 5.56 Å². The Morgan fingerprint density at radius 3 is 2.76 bits per heavy atom. The van der Waals surface area contributed by atoms with Crippen LogP contribution in [-0.4, -0.2) is 19.3 Å². The number of hydrogen-bond acceptors (Lipinski definition) is 3. The summed E-state index contributed by atoms with van der Waals surface area (Å²) in [7, 11) is 0. The molecule has 0 radical (unpaired) electrons. The first-order valence-electron chi connectivity index (χ1n) is 5.95. The molecule has 3 heteroatoms. The first-order chi connectivity index (χ1) is 8.13. The van der Waals surface area contributed by atoms with Gasteiger partial charge in [0.2, 0.25) is 0 Å². The number of aryl methyl sites for hydroxylation is 1. The Bertz CT molecular complexity index is 394. The van der Waals surface area contributed by atoms with Crippen LogP contribution in [-0.2, 0) is 11.3 Å². The Hall–Kier alpha value is -1.37. The summed E-state index contributed by atoms with van der Waals surface area (Å²) < 4.78 is 5.44. The van der Waals surface area contributed by atoms with E-state index in [9.17, 15) is 0 Å². The number of benzene rings is 1. The number of nitriles is 1. The fourth-order valence-electron chi connectivity index (χ4n) is 1.55. The van der Waals surface area contributed by atoms with Crippen LogP contribution < -0.4 is 5.32 Å². The van der Waals surface area contributed by atoms with Crippen LogP contribution in [0.25, 0.3) is 0 Å². The van der Waals surface area contributed by atoms with Gasteiger partial charge in [0, 0.05) is 13.1 Å². The van der Waals surface area contributed by atoms with E-state index in [0.717, 1.165) is 30.8 Å². The minimum atomic E-state index is 0.286. The number of nitrogens with zero attached hydrogens (tertiary/aromatic N) is 1. The van der Waals surface area contributed by atoms with Crippen LogP contribution in [0, 0.1) is 18.3 Å². The summed E-state index contributed by atoms with van der Waals surface area (Å²) in [5.74, 6) is 0. The smallest absolute Gasteiger partial charge is 0.0991 e. The zero-order chi connectivity index (χ0) is 12.7. The maximum absolute atomic E-state index is 8.77. The largest absolute Gasteiger partial charge is 0.377 e. The Labute approximate surface area is 103 Å². The highest BCUT2D eigenvalue weighted by atomic mass is 16.5. The zero-order valence-electron chi connectivity index (χ0n) is 10.8. The van der Waals surface area contributed by atoms with Crippen molar-refractivity contribution in [2.24, 2.45) is 0 Å². The molecule has 0 fully saturated rings. The molecule has 0 aliphatic carbocycles. The predicted molar refractivity (Wildman–Crippen MR) is 68.7 cm³/mol. The number of rotatable bonds is 6. The van der Waals surface area contributed by atoms with Crippen LogP contribution in [0.4, 0.5) is 0 Å². The minimum Gasteiger partial charge on any atom is -0.377 e. The van der Waals surface area contributed by atoms with E-state index in [0.29, 0.717) is 0 Å². The van der Waals surface area contributed by atoms with Crippen molar-refractivity contribution in [3.63, 3.8) is 0 Å². The predicted octanol–water partition coefficient (Wildman–Crippen LogP) is 2.38. The second kappa shape index (κ2) is 7.05. The van der Waals surface area contributed by atoms with Crippen molar-refractivity contribution in [1.82, 2.24) is 5.32 Å². The van der Waals surface area contributed by atoms with Crippen LogP contribution in [0.5, 0.6) is 0 Å². The van der Waals surface area contributed by atoms with Crippen molar-refractivity contribution in [2.75, 3.05) is 13.2 Å². The van der Waals surface area contributed by atoms with Gasteiger partial charge in [0.25, 0.3) is 0 Å². The van der Waals surface area contributed by atoms with Crippen LogP contribution in [0.2, 0.25) is 0 Å². The van der Waals surface area contributed by atoms with Gasteiger partial charge in [0.15, 0.2) is 0 Å². The Morgan fingerprint density at radius 2 is 2.18 bits per heavy atom. The summed E-state index contributed by atoms with van der Waals surface area (Å²) in [6, 6.07) is 7.92. The third-order valence-electron chi connectivity index (χ3n) is 2.52. The highest BCUT2D eigenvalue weighted by Gasteiger charge is 1.99. The number of nitrogens with one attached hydrogen (secondary N) is 1. The molecule has 0 saturated heterocycles. The van der Waals surface area contributed by atoms with Gasteiger partial charge in [0.05, 0.1) is 24.3 Å². The van der Waals surface area contributed by atoms with Crippen LogP contribution in [0.15, 0.2) is 18.2 Å². The van der Waals surface area contributed by atoms with E-state index in [1.807, 2.05) is 39.0 Å². The SMILES string of the molecule is Cc1cc(C#N)ccc1CNCCOC(C)C. The van der Waals surface area contributed by atoms with Gasteiger partial charge >= 0.3 is 0 Å². The summed E-state index contributed by atoms with van der Waals surface area (Å²) in [5, 5.41) is 12.1. The molecule has 1 N–H and O–H groups in total. The van der Waals surface area contributed by atoms with Gasteiger partial charge in [-0.05, 0) is 44.0 Å². The topological polar surface area (TPSA) is 45.0 Å². The average molecular weight is 232 g/mol. The quantitative estimate of drug-likeness (QED) is 0.766. The normalized spacial score (nSPS) is 10.5. The monoisotopic (exact) mass is 232 g/mol. The van der Waals surface area contributed by atoms with E-state index in [1.54, 1.807) is 0 Å². The Balaban J connectivity index is 2.35. The van der Waals surface area contributed by atoms with Crippen molar-refractivity contribution in [2.45, 2.75) is 33.4 Å². The number of ether oxygens (including phenoxy) is 1. The molecule has 0 heterocycles. The first kappa shape index (κ1) is 13.7. The maximum atomic E-state index is 8.77. The lowest BCUT2D eigenvalue weighted by Crippen LogP contribution is -2.21. The van der Waals surface area contributed by atoms with Gasteiger partial charge in [-0.25, -0.2) is 0 Å². The van der Waals surface area contributed by atoms with Crippen molar-refractivity contribution < 1.29 is 4.74 Å². The van der Waals surface area contributed by atoms with Crippen LogP contribution in [0.1, 0.15) is 30.5 Å². The molecule has 0 saturated carbocycles. The van der Waals surface area contributed by atoms with Crippen LogP contribution >= 0.6 is 0 Å². The standard InChI is InChI=1S/C14H20N2O/c1-11(2)17-7-6-16-10-14-5-4-13(9-15)8-12(14)3/h4-5,8,11,16H,6-7,10H2,1-3H3. The highest BCUT2D eigenvalue weighted by Crippen LogP contribution is 2.10. The van der Waals surface area contributed by atoms with Gasteiger partial charge in [-0.3, -0.25) is 0 Å². The molecule has 0 bridgehead atoms. The molecule has 1 rings (SSSR count). The molecule has 0 amide bonds. The summed E-state index contributed by atoms with van der Waals surface area (Å²) >= 11 is 0. The van der Waals surface area contributed by atoms with Gasteiger partial charge in [-0.1, -0.05) is 6.07 Å². The summed E-state index contributed by atoms with van der Waals surface area (Å²) in [5.41, 5.74) is 3.10. The molecule has 3 nitrogen and oxygen atoms in total. The zero-order valence-corrected chi connectivity index (χ0v) is 10.8. The van der Waals surface area contributed by atoms with Crippen molar-refractivity contribution in [3.8, 4) is 6.07 Å². The second-order valence-corrected chi connectivity index (χ2v) is 4.35. The van der Waals surface area contributed by atoms with Crippen molar-refractivity contribution in [3.05, 3.63) is 34.9 Å². The fourth-order valence-corrected chi connectivity index (χ4v) is 1.55.